The summed E-state index contributed by atoms with van der Waals surface area (Å²) in [5, 5.41) is 6.18. The molecule has 17 heavy (non-hydrogen) atoms. The lowest BCUT2D eigenvalue weighted by Crippen LogP contribution is -2.46. The van der Waals surface area contributed by atoms with Gasteiger partial charge in [-0.05, 0) is 19.4 Å². The van der Waals surface area contributed by atoms with Gasteiger partial charge in [-0.2, -0.15) is 0 Å². The second kappa shape index (κ2) is 8.44. The second-order valence-electron chi connectivity index (χ2n) is 4.41. The van der Waals surface area contributed by atoms with Crippen LogP contribution in [0.2, 0.25) is 0 Å². The topological polar surface area (TPSA) is 59.6 Å². The molecule has 2 N–H and O–H groups in total. The molecule has 0 saturated carbocycles. The highest BCUT2D eigenvalue weighted by Gasteiger charge is 2.20. The maximum atomic E-state index is 11.9. The molecule has 0 aliphatic carbocycles. The van der Waals surface area contributed by atoms with Crippen LogP contribution in [0.15, 0.2) is 0 Å². The normalized spacial score (nSPS) is 22.8. The Morgan fingerprint density at radius 2 is 2.24 bits per heavy atom. The number of methoxy groups -OCH3 is 2. The number of ether oxygens (including phenoxy) is 2. The number of nitrogens with one attached hydrogen (secondary N) is 2. The number of carbonyl (C=O) groups is 1. The molecule has 100 valence electrons. The van der Waals surface area contributed by atoms with Crippen LogP contribution >= 0.6 is 0 Å². The Morgan fingerprint density at radius 3 is 2.94 bits per heavy atom. The van der Waals surface area contributed by atoms with E-state index in [2.05, 4.69) is 10.6 Å². The Labute approximate surface area is 103 Å². The van der Waals surface area contributed by atoms with Crippen molar-refractivity contribution in [2.24, 2.45) is 0 Å². The van der Waals surface area contributed by atoms with E-state index in [9.17, 15) is 4.79 Å². The van der Waals surface area contributed by atoms with Crippen LogP contribution in [0.4, 0.5) is 0 Å². The van der Waals surface area contributed by atoms with Crippen molar-refractivity contribution in [1.29, 1.82) is 0 Å². The molecule has 0 radical (unpaired) electrons. The summed E-state index contributed by atoms with van der Waals surface area (Å²) in [5.74, 6) is 0.0741. The van der Waals surface area contributed by atoms with Crippen LogP contribution in [-0.4, -0.2) is 52.0 Å². The third-order valence-corrected chi connectivity index (χ3v) is 3.07. The Bertz CT molecular complexity index is 216. The Kier molecular flexibility index (Phi) is 7.16. The molecular weight excluding hydrogens is 220 g/mol. The molecule has 1 aliphatic rings. The summed E-state index contributed by atoms with van der Waals surface area (Å²) in [7, 11) is 3.25. The lowest BCUT2D eigenvalue weighted by atomic mass is 10.1. The van der Waals surface area contributed by atoms with Gasteiger partial charge in [0.05, 0.1) is 18.8 Å². The summed E-state index contributed by atoms with van der Waals surface area (Å²) in [6, 6.07) is -0.0439. The molecule has 1 fully saturated rings. The average molecular weight is 244 g/mol. The van der Waals surface area contributed by atoms with Crippen LogP contribution in [0.1, 0.15) is 25.7 Å². The minimum Gasteiger partial charge on any atom is -0.382 e. The van der Waals surface area contributed by atoms with Crippen LogP contribution in [0, 0.1) is 0 Å². The van der Waals surface area contributed by atoms with Crippen LogP contribution in [0.5, 0.6) is 0 Å². The summed E-state index contributed by atoms with van der Waals surface area (Å²) in [6.07, 6.45) is 4.34. The monoisotopic (exact) mass is 244 g/mol. The minimum absolute atomic E-state index is 0.0439. The van der Waals surface area contributed by atoms with Gasteiger partial charge in [0, 0.05) is 20.8 Å². The Balaban J connectivity index is 2.26. The van der Waals surface area contributed by atoms with Crippen LogP contribution < -0.4 is 10.6 Å². The summed E-state index contributed by atoms with van der Waals surface area (Å²) in [5.41, 5.74) is 0. The average Bonchev–Trinajstić information content (AvgIpc) is 2.62. The SMILES string of the molecule is COCC(CNC(=O)C1CCCCCN1)OC. The maximum Gasteiger partial charge on any atom is 0.237 e. The van der Waals surface area contributed by atoms with Crippen molar-refractivity contribution in [1.82, 2.24) is 10.6 Å². The molecular formula is C12H24N2O3. The fourth-order valence-corrected chi connectivity index (χ4v) is 1.99. The van der Waals surface area contributed by atoms with Crippen molar-refractivity contribution >= 4 is 5.91 Å². The van der Waals surface area contributed by atoms with Crippen molar-refractivity contribution in [2.75, 3.05) is 33.9 Å². The number of rotatable bonds is 6. The summed E-state index contributed by atoms with van der Waals surface area (Å²) in [4.78, 5) is 11.9. The van der Waals surface area contributed by atoms with Gasteiger partial charge in [0.2, 0.25) is 5.91 Å². The molecule has 2 unspecified atom stereocenters. The first kappa shape index (κ1) is 14.4. The first-order chi connectivity index (χ1) is 8.27. The first-order valence-electron chi connectivity index (χ1n) is 6.30. The molecule has 1 heterocycles. The molecule has 0 aromatic carbocycles. The van der Waals surface area contributed by atoms with Crippen molar-refractivity contribution in [3.63, 3.8) is 0 Å². The fourth-order valence-electron chi connectivity index (χ4n) is 1.99. The zero-order chi connectivity index (χ0) is 12.5. The van der Waals surface area contributed by atoms with Crippen molar-refractivity contribution in [2.45, 2.75) is 37.8 Å². The molecule has 2 atom stereocenters. The molecule has 1 saturated heterocycles. The van der Waals surface area contributed by atoms with E-state index in [0.717, 1.165) is 25.8 Å². The largest absolute Gasteiger partial charge is 0.382 e. The molecule has 0 spiro atoms. The van der Waals surface area contributed by atoms with E-state index < -0.39 is 0 Å². The van der Waals surface area contributed by atoms with Crippen LogP contribution in [-0.2, 0) is 14.3 Å². The molecule has 5 nitrogen and oxygen atoms in total. The van der Waals surface area contributed by atoms with Gasteiger partial charge in [-0.3, -0.25) is 4.79 Å². The molecule has 1 amide bonds. The molecule has 0 aromatic heterocycles. The Morgan fingerprint density at radius 1 is 1.41 bits per heavy atom. The lowest BCUT2D eigenvalue weighted by molar-refractivity contribution is -0.124. The predicted octanol–water partition coefficient (Wildman–Crippen LogP) is 0.296. The third-order valence-electron chi connectivity index (χ3n) is 3.07. The molecule has 1 rings (SSSR count). The van der Waals surface area contributed by atoms with E-state index in [-0.39, 0.29) is 18.1 Å². The van der Waals surface area contributed by atoms with E-state index in [0.29, 0.717) is 13.2 Å². The second-order valence-corrected chi connectivity index (χ2v) is 4.41. The van der Waals surface area contributed by atoms with Gasteiger partial charge >= 0.3 is 0 Å². The van der Waals surface area contributed by atoms with Crippen molar-refractivity contribution in [3.05, 3.63) is 0 Å². The number of hydrogen-bond acceptors (Lipinski definition) is 4. The molecule has 1 aliphatic heterocycles. The van der Waals surface area contributed by atoms with Gasteiger partial charge in [-0.25, -0.2) is 0 Å². The Hall–Kier alpha value is -0.650. The van der Waals surface area contributed by atoms with E-state index >= 15 is 0 Å². The quantitative estimate of drug-likeness (QED) is 0.705. The molecule has 5 heteroatoms. The summed E-state index contributed by atoms with van der Waals surface area (Å²) in [6.45, 7) is 1.93. The first-order valence-corrected chi connectivity index (χ1v) is 6.30. The van der Waals surface area contributed by atoms with Crippen LogP contribution in [0.3, 0.4) is 0 Å². The number of amides is 1. The number of carbonyl (C=O) groups excluding carboxylic acids is 1. The van der Waals surface area contributed by atoms with E-state index in [4.69, 9.17) is 9.47 Å². The maximum absolute atomic E-state index is 11.9. The third kappa shape index (κ3) is 5.48. The highest BCUT2D eigenvalue weighted by molar-refractivity contribution is 5.81. The van der Waals surface area contributed by atoms with Crippen molar-refractivity contribution < 1.29 is 14.3 Å². The standard InChI is InChI=1S/C12H24N2O3/c1-16-9-10(17-2)8-14-12(15)11-6-4-3-5-7-13-11/h10-11,13H,3-9H2,1-2H3,(H,14,15). The molecule has 0 aromatic rings. The summed E-state index contributed by atoms with van der Waals surface area (Å²) >= 11 is 0. The zero-order valence-electron chi connectivity index (χ0n) is 10.8. The number of hydrogen-bond donors (Lipinski definition) is 2. The van der Waals surface area contributed by atoms with Gasteiger partial charge in [-0.1, -0.05) is 12.8 Å². The van der Waals surface area contributed by atoms with E-state index in [1.807, 2.05) is 0 Å². The lowest BCUT2D eigenvalue weighted by Gasteiger charge is -2.19. The smallest absolute Gasteiger partial charge is 0.237 e. The van der Waals surface area contributed by atoms with Crippen molar-refractivity contribution in [3.8, 4) is 0 Å². The predicted molar refractivity (Wildman–Crippen MR) is 65.9 cm³/mol. The van der Waals surface area contributed by atoms with Gasteiger partial charge < -0.3 is 20.1 Å². The highest BCUT2D eigenvalue weighted by Crippen LogP contribution is 2.08. The fraction of sp³-hybridized carbons (Fsp3) is 0.917. The zero-order valence-corrected chi connectivity index (χ0v) is 10.8. The summed E-state index contributed by atoms with van der Waals surface area (Å²) < 4.78 is 10.2. The van der Waals surface area contributed by atoms with Gasteiger partial charge in [0.1, 0.15) is 0 Å². The van der Waals surface area contributed by atoms with Gasteiger partial charge in [-0.15, -0.1) is 0 Å². The van der Waals surface area contributed by atoms with E-state index in [1.165, 1.54) is 6.42 Å². The highest BCUT2D eigenvalue weighted by atomic mass is 16.5. The van der Waals surface area contributed by atoms with Gasteiger partial charge in [0.15, 0.2) is 0 Å². The van der Waals surface area contributed by atoms with Gasteiger partial charge in [0.25, 0.3) is 0 Å². The minimum atomic E-state index is -0.0743. The van der Waals surface area contributed by atoms with E-state index in [1.54, 1.807) is 14.2 Å². The van der Waals surface area contributed by atoms with Crippen LogP contribution in [0.25, 0.3) is 0 Å². The molecule has 0 bridgehead atoms.